The fraction of sp³-hybridized carbons (Fsp3) is 0.120. The summed E-state index contributed by atoms with van der Waals surface area (Å²) in [6.07, 6.45) is 0. The van der Waals surface area contributed by atoms with Crippen LogP contribution in [-0.4, -0.2) is 27.8 Å². The Kier molecular flexibility index (Phi) is 8.82. The van der Waals surface area contributed by atoms with Gasteiger partial charge >= 0.3 is 19.2 Å². The topological polar surface area (TPSA) is 100.0 Å². The first-order valence-corrected chi connectivity index (χ1v) is 14.9. The molecule has 4 rings (SSSR count). The Morgan fingerprint density at radius 2 is 1.79 bits per heavy atom. The van der Waals surface area contributed by atoms with Crippen LogP contribution >= 0.6 is 58.1 Å². The fourth-order valence-electron chi connectivity index (χ4n) is 3.58. The molecule has 0 aliphatic carbocycles. The van der Waals surface area contributed by atoms with Crippen molar-refractivity contribution in [3.63, 3.8) is 0 Å². The number of nitrogens with zero attached hydrogens (tertiary/aromatic N) is 2. The maximum Gasteiger partial charge on any atom is 0.399 e. The molecule has 14 heteroatoms. The zero-order chi connectivity index (χ0) is 28.5. The van der Waals surface area contributed by atoms with Crippen molar-refractivity contribution in [2.75, 3.05) is 12.0 Å². The average Bonchev–Trinajstić information content (AvgIpc) is 3.38. The Bertz CT molecular complexity index is 1580. The summed E-state index contributed by atoms with van der Waals surface area (Å²) in [5, 5.41) is 3.01. The monoisotopic (exact) mass is 676 g/mol. The quantitative estimate of drug-likeness (QED) is 0.143. The van der Waals surface area contributed by atoms with Crippen LogP contribution in [0, 0.1) is 0 Å². The second-order valence-corrected chi connectivity index (χ2v) is 12.3. The van der Waals surface area contributed by atoms with Crippen molar-refractivity contribution in [2.45, 2.75) is 12.2 Å². The number of rotatable bonds is 8. The Hall–Kier alpha value is -2.37. The smallest absolute Gasteiger partial charge is 0.399 e. The number of alkyl halides is 2. The van der Waals surface area contributed by atoms with E-state index in [1.54, 1.807) is 47.4 Å². The minimum absolute atomic E-state index is 0.145. The highest BCUT2D eigenvalue weighted by Gasteiger charge is 2.51. The molecule has 2 N–H and O–H groups in total. The molecule has 204 valence electrons. The highest BCUT2D eigenvalue weighted by Crippen LogP contribution is 2.60. The number of aromatic nitrogens is 1. The number of hydrogen-bond acceptors (Lipinski definition) is 6. The second kappa shape index (κ2) is 11.6. The van der Waals surface area contributed by atoms with E-state index in [-0.39, 0.29) is 11.0 Å². The molecule has 4 aromatic rings. The lowest BCUT2D eigenvalue weighted by Gasteiger charge is -2.24. The molecule has 1 heterocycles. The summed E-state index contributed by atoms with van der Waals surface area (Å²) in [5.41, 5.74) is -2.24. The van der Waals surface area contributed by atoms with E-state index in [1.807, 2.05) is 5.38 Å². The Balaban J connectivity index is 1.71. The van der Waals surface area contributed by atoms with Gasteiger partial charge in [-0.25, -0.2) is 9.78 Å². The van der Waals surface area contributed by atoms with Gasteiger partial charge in [0.1, 0.15) is 0 Å². The fourth-order valence-corrected chi connectivity index (χ4v) is 6.06. The average molecular weight is 678 g/mol. The Morgan fingerprint density at radius 1 is 1.10 bits per heavy atom. The molecule has 0 aliphatic rings. The molecule has 0 spiro atoms. The molecule has 0 bridgehead atoms. The van der Waals surface area contributed by atoms with Crippen LogP contribution in [0.5, 0.6) is 0 Å². The van der Waals surface area contributed by atoms with Gasteiger partial charge in [0.15, 0.2) is 5.13 Å². The number of halogens is 5. The van der Waals surface area contributed by atoms with Crippen molar-refractivity contribution >= 4 is 74.9 Å². The van der Waals surface area contributed by atoms with Crippen molar-refractivity contribution in [3.8, 4) is 11.3 Å². The van der Waals surface area contributed by atoms with Gasteiger partial charge in [-0.05, 0) is 42.0 Å². The minimum Gasteiger partial charge on any atom is -0.465 e. The van der Waals surface area contributed by atoms with Gasteiger partial charge in [0.2, 0.25) is 0 Å². The number of hydrogen-bond donors (Lipinski definition) is 2. The van der Waals surface area contributed by atoms with E-state index in [2.05, 4.69) is 15.9 Å². The van der Waals surface area contributed by atoms with E-state index in [0.717, 1.165) is 11.6 Å². The molecule has 0 amide bonds. The van der Waals surface area contributed by atoms with Gasteiger partial charge in [0, 0.05) is 26.7 Å². The molecule has 7 nitrogen and oxygen atoms in total. The lowest BCUT2D eigenvalue weighted by atomic mass is 10.1. The first-order chi connectivity index (χ1) is 18.3. The standard InChI is InChI=1S/C25H18BrCl2F2N2O5PS/c1-37-23(33)16-5-3-15(4-6-16)22-13-39-24(31-22)32(17-7-9-20(27)21(28)11-17)12-14-2-8-18(19(26)10-14)25(29,30)38(34,35)36/h2-11,13H,12H2,1H3,(H2,34,35,36). The van der Waals surface area contributed by atoms with Crippen LogP contribution in [0.4, 0.5) is 19.6 Å². The lowest BCUT2D eigenvalue weighted by molar-refractivity contribution is 0.0557. The van der Waals surface area contributed by atoms with Crippen LogP contribution in [0.25, 0.3) is 11.3 Å². The van der Waals surface area contributed by atoms with E-state index < -0.39 is 24.8 Å². The lowest BCUT2D eigenvalue weighted by Crippen LogP contribution is -2.18. The highest BCUT2D eigenvalue weighted by molar-refractivity contribution is 9.10. The maximum atomic E-state index is 14.3. The number of methoxy groups -OCH3 is 1. The third-order valence-electron chi connectivity index (χ3n) is 5.60. The first kappa shape index (κ1) is 29.6. The molecular formula is C25H18BrCl2F2N2O5PS. The van der Waals surface area contributed by atoms with Crippen LogP contribution in [-0.2, 0) is 21.5 Å². The number of anilines is 2. The highest BCUT2D eigenvalue weighted by atomic mass is 79.9. The van der Waals surface area contributed by atoms with Gasteiger partial charge < -0.3 is 19.4 Å². The molecular weight excluding hydrogens is 660 g/mol. The molecule has 0 saturated heterocycles. The van der Waals surface area contributed by atoms with Gasteiger partial charge in [0.05, 0.1) is 35.0 Å². The number of ether oxygens (including phenoxy) is 1. The summed E-state index contributed by atoms with van der Waals surface area (Å²) in [4.78, 5) is 36.5. The number of esters is 1. The molecule has 0 aliphatic heterocycles. The summed E-state index contributed by atoms with van der Waals surface area (Å²) in [7, 11) is -4.44. The second-order valence-electron chi connectivity index (χ2n) is 8.17. The predicted octanol–water partition coefficient (Wildman–Crippen LogP) is 8.23. The molecule has 0 atom stereocenters. The Morgan fingerprint density at radius 3 is 2.38 bits per heavy atom. The van der Waals surface area contributed by atoms with Gasteiger partial charge in [0.25, 0.3) is 0 Å². The normalized spacial score (nSPS) is 11.9. The molecule has 0 unspecified atom stereocenters. The van der Waals surface area contributed by atoms with Gasteiger partial charge in [-0.15, -0.1) is 11.3 Å². The largest absolute Gasteiger partial charge is 0.465 e. The van der Waals surface area contributed by atoms with Crippen LogP contribution < -0.4 is 4.90 Å². The first-order valence-electron chi connectivity index (χ1n) is 10.9. The van der Waals surface area contributed by atoms with Gasteiger partial charge in [-0.2, -0.15) is 8.78 Å². The molecule has 3 aromatic carbocycles. The van der Waals surface area contributed by atoms with Crippen LogP contribution in [0.1, 0.15) is 21.5 Å². The number of carbonyl (C=O) groups excluding carboxylic acids is 1. The molecule has 0 radical (unpaired) electrons. The summed E-state index contributed by atoms with van der Waals surface area (Å²) < 4.78 is 44.6. The van der Waals surface area contributed by atoms with Crippen LogP contribution in [0.2, 0.25) is 10.0 Å². The summed E-state index contributed by atoms with van der Waals surface area (Å²) in [6.45, 7) is 0.145. The Labute approximate surface area is 244 Å². The summed E-state index contributed by atoms with van der Waals surface area (Å²) in [5.74, 6) is -0.456. The van der Waals surface area contributed by atoms with Crippen molar-refractivity contribution in [1.29, 1.82) is 0 Å². The minimum atomic E-state index is -5.74. The van der Waals surface area contributed by atoms with E-state index >= 15 is 0 Å². The number of carbonyl (C=O) groups is 1. The summed E-state index contributed by atoms with van der Waals surface area (Å²) in [6, 6.07) is 15.4. The summed E-state index contributed by atoms with van der Waals surface area (Å²) >= 11 is 16.7. The molecule has 1 aromatic heterocycles. The van der Waals surface area contributed by atoms with E-state index in [0.29, 0.717) is 37.7 Å². The number of thiazole rings is 1. The third-order valence-corrected chi connectivity index (χ3v) is 8.83. The van der Waals surface area contributed by atoms with Gasteiger partial charge in [-0.3, -0.25) is 4.57 Å². The van der Waals surface area contributed by atoms with Crippen molar-refractivity contribution in [2.24, 2.45) is 0 Å². The zero-order valence-corrected chi connectivity index (χ0v) is 24.6. The van der Waals surface area contributed by atoms with Crippen LogP contribution in [0.3, 0.4) is 0 Å². The van der Waals surface area contributed by atoms with Crippen molar-refractivity contribution in [1.82, 2.24) is 4.98 Å². The molecule has 39 heavy (non-hydrogen) atoms. The van der Waals surface area contributed by atoms with Crippen molar-refractivity contribution in [3.05, 3.63) is 97.3 Å². The van der Waals surface area contributed by atoms with E-state index in [9.17, 15) is 18.1 Å². The van der Waals surface area contributed by atoms with Crippen molar-refractivity contribution < 1.29 is 32.7 Å². The maximum absolute atomic E-state index is 14.3. The van der Waals surface area contributed by atoms with E-state index in [4.69, 9.17) is 42.7 Å². The van der Waals surface area contributed by atoms with E-state index in [1.165, 1.54) is 30.6 Å². The van der Waals surface area contributed by atoms with Crippen LogP contribution in [0.15, 0.2) is 70.5 Å². The zero-order valence-electron chi connectivity index (χ0n) is 19.8. The van der Waals surface area contributed by atoms with Gasteiger partial charge in [-0.1, -0.05) is 63.4 Å². The number of benzene rings is 3. The predicted molar refractivity (Wildman–Crippen MR) is 151 cm³/mol. The third kappa shape index (κ3) is 6.36. The SMILES string of the molecule is COC(=O)c1ccc(-c2csc(N(Cc3ccc(C(F)(F)P(=O)(O)O)c(Br)c3)c3ccc(Cl)c(Cl)c3)n2)cc1. The molecule has 0 fully saturated rings. The molecule has 0 saturated carbocycles.